The molecule has 3 rings (SSSR count). The maximum Gasteiger partial charge on any atom is 0.230 e. The molecule has 124 valence electrons. The highest BCUT2D eigenvalue weighted by Crippen LogP contribution is 2.27. The van der Waals surface area contributed by atoms with E-state index >= 15 is 0 Å². The van der Waals surface area contributed by atoms with E-state index in [-0.39, 0.29) is 17.7 Å². The second kappa shape index (κ2) is 6.32. The first-order valence-corrected chi connectivity index (χ1v) is 7.45. The Kier molecular flexibility index (Phi) is 4.22. The van der Waals surface area contributed by atoms with Crippen LogP contribution < -0.4 is 11.1 Å². The summed E-state index contributed by atoms with van der Waals surface area (Å²) in [6.45, 7) is 3.52. The van der Waals surface area contributed by atoms with E-state index < -0.39 is 0 Å². The van der Waals surface area contributed by atoms with Gasteiger partial charge in [-0.1, -0.05) is 6.07 Å². The summed E-state index contributed by atoms with van der Waals surface area (Å²) in [6, 6.07) is 3.20. The van der Waals surface area contributed by atoms with Crippen molar-refractivity contribution in [2.45, 2.75) is 19.9 Å². The van der Waals surface area contributed by atoms with E-state index in [9.17, 15) is 4.39 Å². The number of nitrogens with one attached hydrogen (secondary N) is 1. The SMILES string of the molecule is Cc1c(C(C)N)ccc(-c2ncnc(Nc3cnn(C)c3)n2)c1F. The maximum atomic E-state index is 14.7. The lowest BCUT2D eigenvalue weighted by Crippen LogP contribution is -2.09. The summed E-state index contributed by atoms with van der Waals surface area (Å²) in [5.74, 6) is 0.206. The predicted molar refractivity (Wildman–Crippen MR) is 89.1 cm³/mol. The molecule has 3 aromatic rings. The standard InChI is InChI=1S/C16H18FN7/c1-9-12(10(2)18)4-5-13(14(9)17)15-19-8-20-16(23-15)22-11-6-21-24(3)7-11/h4-8,10H,18H2,1-3H3,(H,19,20,22,23). The minimum Gasteiger partial charge on any atom is -0.324 e. The molecule has 0 amide bonds. The van der Waals surface area contributed by atoms with E-state index in [4.69, 9.17) is 5.73 Å². The van der Waals surface area contributed by atoms with Crippen LogP contribution in [0.1, 0.15) is 24.1 Å². The Hall–Kier alpha value is -2.87. The van der Waals surface area contributed by atoms with Crippen LogP contribution in [-0.4, -0.2) is 24.7 Å². The third-order valence-corrected chi connectivity index (χ3v) is 3.69. The number of rotatable bonds is 4. The molecule has 0 saturated heterocycles. The first kappa shape index (κ1) is 16.0. The van der Waals surface area contributed by atoms with Crippen LogP contribution in [0.25, 0.3) is 11.4 Å². The summed E-state index contributed by atoms with van der Waals surface area (Å²) in [5.41, 5.74) is 8.17. The number of benzene rings is 1. The third kappa shape index (κ3) is 3.09. The number of aromatic nitrogens is 5. The minimum atomic E-state index is -0.372. The van der Waals surface area contributed by atoms with Crippen molar-refractivity contribution in [2.75, 3.05) is 5.32 Å². The van der Waals surface area contributed by atoms with E-state index in [1.165, 1.54) is 6.33 Å². The van der Waals surface area contributed by atoms with Crippen molar-refractivity contribution in [1.82, 2.24) is 24.7 Å². The zero-order valence-electron chi connectivity index (χ0n) is 13.7. The molecule has 1 atom stereocenters. The van der Waals surface area contributed by atoms with Crippen LogP contribution >= 0.6 is 0 Å². The van der Waals surface area contributed by atoms with E-state index in [1.807, 2.05) is 14.0 Å². The van der Waals surface area contributed by atoms with Crippen molar-refractivity contribution in [3.63, 3.8) is 0 Å². The van der Waals surface area contributed by atoms with E-state index in [0.717, 1.165) is 11.3 Å². The molecule has 2 aromatic heterocycles. The largest absolute Gasteiger partial charge is 0.324 e. The van der Waals surface area contributed by atoms with Gasteiger partial charge in [-0.25, -0.2) is 14.4 Å². The Morgan fingerprint density at radius 2 is 2.08 bits per heavy atom. The van der Waals surface area contributed by atoms with Crippen molar-refractivity contribution < 1.29 is 4.39 Å². The average Bonchev–Trinajstić information content (AvgIpc) is 2.95. The first-order chi connectivity index (χ1) is 11.5. The summed E-state index contributed by atoms with van der Waals surface area (Å²) in [7, 11) is 1.81. The fraction of sp³-hybridized carbons (Fsp3) is 0.250. The van der Waals surface area contributed by atoms with Gasteiger partial charge in [0.15, 0.2) is 5.82 Å². The zero-order chi connectivity index (χ0) is 17.3. The van der Waals surface area contributed by atoms with Gasteiger partial charge in [-0.15, -0.1) is 0 Å². The van der Waals surface area contributed by atoms with Gasteiger partial charge < -0.3 is 11.1 Å². The van der Waals surface area contributed by atoms with Gasteiger partial charge in [0.2, 0.25) is 5.95 Å². The molecular formula is C16H18FN7. The molecule has 0 aliphatic rings. The molecule has 0 saturated carbocycles. The molecule has 0 fully saturated rings. The molecule has 0 aliphatic carbocycles. The molecular weight excluding hydrogens is 309 g/mol. The number of hydrogen-bond donors (Lipinski definition) is 2. The summed E-state index contributed by atoms with van der Waals surface area (Å²) >= 11 is 0. The van der Waals surface area contributed by atoms with Crippen molar-refractivity contribution >= 4 is 11.6 Å². The van der Waals surface area contributed by atoms with E-state index in [1.54, 1.807) is 36.1 Å². The van der Waals surface area contributed by atoms with Gasteiger partial charge in [0.25, 0.3) is 0 Å². The Morgan fingerprint density at radius 3 is 2.75 bits per heavy atom. The van der Waals surface area contributed by atoms with Gasteiger partial charge in [0, 0.05) is 19.3 Å². The van der Waals surface area contributed by atoms with Gasteiger partial charge >= 0.3 is 0 Å². The van der Waals surface area contributed by atoms with Crippen LogP contribution in [0, 0.1) is 12.7 Å². The fourth-order valence-corrected chi connectivity index (χ4v) is 2.47. The van der Waals surface area contributed by atoms with Crippen LogP contribution in [0.4, 0.5) is 16.0 Å². The Balaban J connectivity index is 1.95. The summed E-state index contributed by atoms with van der Waals surface area (Å²) in [5, 5.41) is 7.07. The van der Waals surface area contributed by atoms with Crippen LogP contribution in [0.2, 0.25) is 0 Å². The lowest BCUT2D eigenvalue weighted by molar-refractivity contribution is 0.613. The molecule has 24 heavy (non-hydrogen) atoms. The second-order valence-electron chi connectivity index (χ2n) is 5.59. The molecule has 1 aromatic carbocycles. The normalized spacial score (nSPS) is 12.2. The third-order valence-electron chi connectivity index (χ3n) is 3.69. The zero-order valence-corrected chi connectivity index (χ0v) is 13.7. The Bertz CT molecular complexity index is 873. The highest BCUT2D eigenvalue weighted by molar-refractivity contribution is 5.61. The van der Waals surface area contributed by atoms with Crippen molar-refractivity contribution in [3.8, 4) is 11.4 Å². The topological polar surface area (TPSA) is 94.5 Å². The summed E-state index contributed by atoms with van der Waals surface area (Å²) in [6.07, 6.45) is 4.77. The van der Waals surface area contributed by atoms with Gasteiger partial charge in [-0.3, -0.25) is 4.68 Å². The van der Waals surface area contributed by atoms with Gasteiger partial charge in [0.1, 0.15) is 12.1 Å². The number of aryl methyl sites for hydroxylation is 1. The number of halogens is 1. The summed E-state index contributed by atoms with van der Waals surface area (Å²) in [4.78, 5) is 12.4. The monoisotopic (exact) mass is 327 g/mol. The molecule has 2 heterocycles. The highest BCUT2D eigenvalue weighted by Gasteiger charge is 2.16. The lowest BCUT2D eigenvalue weighted by Gasteiger charge is -2.13. The molecule has 0 radical (unpaired) electrons. The number of nitrogens with zero attached hydrogens (tertiary/aromatic N) is 5. The van der Waals surface area contributed by atoms with Crippen LogP contribution in [0.15, 0.2) is 30.9 Å². The van der Waals surface area contributed by atoms with Crippen molar-refractivity contribution in [3.05, 3.63) is 47.8 Å². The van der Waals surface area contributed by atoms with Gasteiger partial charge in [-0.05, 0) is 31.0 Å². The first-order valence-electron chi connectivity index (χ1n) is 7.45. The van der Waals surface area contributed by atoms with Crippen LogP contribution in [-0.2, 0) is 7.05 Å². The van der Waals surface area contributed by atoms with Gasteiger partial charge in [0.05, 0.1) is 17.4 Å². The van der Waals surface area contributed by atoms with E-state index in [0.29, 0.717) is 17.1 Å². The Labute approximate surface area is 138 Å². The average molecular weight is 327 g/mol. The highest BCUT2D eigenvalue weighted by atomic mass is 19.1. The number of hydrogen-bond acceptors (Lipinski definition) is 6. The predicted octanol–water partition coefficient (Wildman–Crippen LogP) is 2.48. The van der Waals surface area contributed by atoms with E-state index in [2.05, 4.69) is 25.4 Å². The van der Waals surface area contributed by atoms with Crippen molar-refractivity contribution in [1.29, 1.82) is 0 Å². The molecule has 3 N–H and O–H groups in total. The van der Waals surface area contributed by atoms with Crippen molar-refractivity contribution in [2.24, 2.45) is 12.8 Å². The summed E-state index contributed by atoms with van der Waals surface area (Å²) < 4.78 is 16.3. The number of anilines is 2. The molecule has 0 aliphatic heterocycles. The van der Waals surface area contributed by atoms with Crippen LogP contribution in [0.3, 0.4) is 0 Å². The van der Waals surface area contributed by atoms with Crippen LogP contribution in [0.5, 0.6) is 0 Å². The molecule has 8 heteroatoms. The quantitative estimate of drug-likeness (QED) is 0.764. The number of nitrogens with two attached hydrogens (primary N) is 1. The smallest absolute Gasteiger partial charge is 0.230 e. The fourth-order valence-electron chi connectivity index (χ4n) is 2.47. The minimum absolute atomic E-state index is 0.241. The molecule has 1 unspecified atom stereocenters. The second-order valence-corrected chi connectivity index (χ2v) is 5.59. The Morgan fingerprint density at radius 1 is 1.29 bits per heavy atom. The van der Waals surface area contributed by atoms with Gasteiger partial charge in [-0.2, -0.15) is 10.1 Å². The molecule has 7 nitrogen and oxygen atoms in total. The molecule has 0 bridgehead atoms. The lowest BCUT2D eigenvalue weighted by atomic mass is 9.99. The maximum absolute atomic E-state index is 14.7. The molecule has 0 spiro atoms.